The fraction of sp³-hybridized carbons (Fsp3) is 0. The number of thiazole rings is 1. The Balaban J connectivity index is 2.11. The van der Waals surface area contributed by atoms with Gasteiger partial charge in [0.15, 0.2) is 5.13 Å². The van der Waals surface area contributed by atoms with Gasteiger partial charge in [-0.3, -0.25) is 4.98 Å². The quantitative estimate of drug-likeness (QED) is 0.790. The largest absolute Gasteiger partial charge is 0.322 e. The maximum absolute atomic E-state index is 5.20. The second-order valence-electron chi connectivity index (χ2n) is 2.53. The zero-order valence-corrected chi connectivity index (χ0v) is 8.81. The standard InChI is InChI=1S/C9H7N3S2/c13-8(7-1-3-10-4-2-7)12-9-11-5-6-14-9/h1-6H,(H,11,12,13). The molecule has 2 heterocycles. The van der Waals surface area contributed by atoms with Crippen molar-refractivity contribution in [1.82, 2.24) is 9.97 Å². The number of anilines is 1. The van der Waals surface area contributed by atoms with E-state index in [2.05, 4.69) is 15.3 Å². The van der Waals surface area contributed by atoms with Gasteiger partial charge < -0.3 is 5.32 Å². The maximum atomic E-state index is 5.20. The molecular weight excluding hydrogens is 214 g/mol. The Morgan fingerprint density at radius 3 is 2.71 bits per heavy atom. The number of pyridine rings is 1. The van der Waals surface area contributed by atoms with E-state index < -0.39 is 0 Å². The van der Waals surface area contributed by atoms with Crippen LogP contribution < -0.4 is 5.32 Å². The summed E-state index contributed by atoms with van der Waals surface area (Å²) in [4.78, 5) is 8.68. The van der Waals surface area contributed by atoms with Crippen molar-refractivity contribution in [1.29, 1.82) is 0 Å². The molecule has 0 bridgehead atoms. The van der Waals surface area contributed by atoms with Crippen molar-refractivity contribution in [3.05, 3.63) is 41.7 Å². The normalized spacial score (nSPS) is 9.71. The lowest BCUT2D eigenvalue weighted by Crippen LogP contribution is -2.09. The fourth-order valence-electron chi connectivity index (χ4n) is 0.958. The molecule has 0 spiro atoms. The van der Waals surface area contributed by atoms with E-state index in [1.165, 1.54) is 11.3 Å². The zero-order valence-electron chi connectivity index (χ0n) is 7.18. The van der Waals surface area contributed by atoms with Crippen molar-refractivity contribution in [2.45, 2.75) is 0 Å². The number of hydrogen-bond acceptors (Lipinski definition) is 4. The number of aromatic nitrogens is 2. The molecule has 0 aromatic carbocycles. The molecule has 2 rings (SSSR count). The molecule has 0 aliphatic carbocycles. The number of nitrogens with zero attached hydrogens (tertiary/aromatic N) is 2. The summed E-state index contributed by atoms with van der Waals surface area (Å²) in [7, 11) is 0. The highest BCUT2D eigenvalue weighted by Gasteiger charge is 2.01. The van der Waals surface area contributed by atoms with E-state index in [9.17, 15) is 0 Å². The van der Waals surface area contributed by atoms with E-state index in [4.69, 9.17) is 12.2 Å². The molecule has 3 nitrogen and oxygen atoms in total. The van der Waals surface area contributed by atoms with Gasteiger partial charge in [0.25, 0.3) is 0 Å². The van der Waals surface area contributed by atoms with E-state index in [0.29, 0.717) is 4.99 Å². The molecule has 1 N–H and O–H groups in total. The van der Waals surface area contributed by atoms with Crippen LogP contribution in [-0.4, -0.2) is 15.0 Å². The lowest BCUT2D eigenvalue weighted by molar-refractivity contribution is 1.32. The Morgan fingerprint density at radius 2 is 2.07 bits per heavy atom. The molecule has 5 heteroatoms. The highest BCUT2D eigenvalue weighted by atomic mass is 32.1. The van der Waals surface area contributed by atoms with E-state index in [1.54, 1.807) is 18.6 Å². The first-order chi connectivity index (χ1) is 6.86. The van der Waals surface area contributed by atoms with Gasteiger partial charge in [-0.05, 0) is 12.1 Å². The van der Waals surface area contributed by atoms with Crippen molar-refractivity contribution < 1.29 is 0 Å². The lowest BCUT2D eigenvalue weighted by Gasteiger charge is -2.03. The van der Waals surface area contributed by atoms with Gasteiger partial charge in [0.05, 0.1) is 0 Å². The third kappa shape index (κ3) is 2.12. The summed E-state index contributed by atoms with van der Waals surface area (Å²) in [5.74, 6) is 0. The van der Waals surface area contributed by atoms with E-state index in [0.717, 1.165) is 10.7 Å². The number of nitrogens with one attached hydrogen (secondary N) is 1. The Morgan fingerprint density at radius 1 is 1.29 bits per heavy atom. The number of hydrogen-bond donors (Lipinski definition) is 1. The number of rotatable bonds is 2. The molecule has 0 aliphatic rings. The van der Waals surface area contributed by atoms with Gasteiger partial charge in [-0.15, -0.1) is 11.3 Å². The SMILES string of the molecule is S=C(Nc1nccs1)c1ccncc1. The molecule has 2 aromatic rings. The molecule has 70 valence electrons. The number of thiocarbonyl (C=S) groups is 1. The summed E-state index contributed by atoms with van der Waals surface area (Å²) in [6, 6.07) is 3.73. The zero-order chi connectivity index (χ0) is 9.80. The van der Waals surface area contributed by atoms with Crippen molar-refractivity contribution in [3.63, 3.8) is 0 Å². The Labute approximate surface area is 90.8 Å². The minimum absolute atomic E-state index is 0.669. The summed E-state index contributed by atoms with van der Waals surface area (Å²) in [5.41, 5.74) is 0.949. The summed E-state index contributed by atoms with van der Waals surface area (Å²) >= 11 is 6.72. The van der Waals surface area contributed by atoms with Crippen LogP contribution in [-0.2, 0) is 0 Å². The fourth-order valence-corrected chi connectivity index (χ4v) is 1.79. The predicted molar refractivity (Wildman–Crippen MR) is 61.7 cm³/mol. The van der Waals surface area contributed by atoms with E-state index >= 15 is 0 Å². The monoisotopic (exact) mass is 221 g/mol. The highest BCUT2D eigenvalue weighted by Crippen LogP contribution is 2.12. The van der Waals surface area contributed by atoms with Crippen LogP contribution >= 0.6 is 23.6 Å². The Bertz CT molecular complexity index is 411. The van der Waals surface area contributed by atoms with Crippen LogP contribution in [0.4, 0.5) is 5.13 Å². The first-order valence-electron chi connectivity index (χ1n) is 3.97. The summed E-state index contributed by atoms with van der Waals surface area (Å²) in [5, 5.41) is 5.76. The average Bonchev–Trinajstić information content (AvgIpc) is 2.72. The lowest BCUT2D eigenvalue weighted by atomic mass is 10.3. The van der Waals surface area contributed by atoms with Gasteiger partial charge in [-0.1, -0.05) is 12.2 Å². The van der Waals surface area contributed by atoms with Crippen molar-refractivity contribution in [3.8, 4) is 0 Å². The van der Waals surface area contributed by atoms with Crippen LogP contribution in [0, 0.1) is 0 Å². The maximum Gasteiger partial charge on any atom is 0.187 e. The third-order valence-electron chi connectivity index (χ3n) is 1.60. The highest BCUT2D eigenvalue weighted by molar-refractivity contribution is 7.81. The van der Waals surface area contributed by atoms with Gasteiger partial charge in [-0.25, -0.2) is 4.98 Å². The second kappa shape index (κ2) is 4.26. The Kier molecular flexibility index (Phi) is 2.81. The molecular formula is C9H7N3S2. The first kappa shape index (κ1) is 9.23. The van der Waals surface area contributed by atoms with Crippen LogP contribution in [0.2, 0.25) is 0 Å². The summed E-state index contributed by atoms with van der Waals surface area (Å²) in [6.45, 7) is 0. The van der Waals surface area contributed by atoms with Gasteiger partial charge >= 0.3 is 0 Å². The minimum Gasteiger partial charge on any atom is -0.322 e. The van der Waals surface area contributed by atoms with Crippen molar-refractivity contribution in [2.24, 2.45) is 0 Å². The third-order valence-corrected chi connectivity index (χ3v) is 2.62. The summed E-state index contributed by atoms with van der Waals surface area (Å²) < 4.78 is 0. The molecule has 0 unspecified atom stereocenters. The van der Waals surface area contributed by atoms with Crippen LogP contribution in [0.1, 0.15) is 5.56 Å². The molecule has 0 saturated carbocycles. The molecule has 0 saturated heterocycles. The van der Waals surface area contributed by atoms with Gasteiger partial charge in [0, 0.05) is 29.5 Å². The van der Waals surface area contributed by atoms with Crippen molar-refractivity contribution >= 4 is 33.7 Å². The molecule has 0 amide bonds. The first-order valence-corrected chi connectivity index (χ1v) is 5.26. The second-order valence-corrected chi connectivity index (χ2v) is 3.83. The molecule has 0 fully saturated rings. The van der Waals surface area contributed by atoms with E-state index in [-0.39, 0.29) is 0 Å². The summed E-state index contributed by atoms with van der Waals surface area (Å²) in [6.07, 6.45) is 5.17. The molecule has 0 aliphatic heterocycles. The minimum atomic E-state index is 0.669. The Hall–Kier alpha value is -1.33. The van der Waals surface area contributed by atoms with Crippen LogP contribution in [0.3, 0.4) is 0 Å². The van der Waals surface area contributed by atoms with Crippen molar-refractivity contribution in [2.75, 3.05) is 5.32 Å². The van der Waals surface area contributed by atoms with Gasteiger partial charge in [0.1, 0.15) is 4.99 Å². The molecule has 14 heavy (non-hydrogen) atoms. The molecule has 2 aromatic heterocycles. The molecule has 0 radical (unpaired) electrons. The van der Waals surface area contributed by atoms with Gasteiger partial charge in [0.2, 0.25) is 0 Å². The predicted octanol–water partition coefficient (Wildman–Crippen LogP) is 2.33. The van der Waals surface area contributed by atoms with Crippen LogP contribution in [0.5, 0.6) is 0 Å². The van der Waals surface area contributed by atoms with E-state index in [1.807, 2.05) is 17.5 Å². The average molecular weight is 221 g/mol. The van der Waals surface area contributed by atoms with Gasteiger partial charge in [-0.2, -0.15) is 0 Å². The van der Waals surface area contributed by atoms with Crippen LogP contribution in [0.25, 0.3) is 0 Å². The molecule has 0 atom stereocenters. The topological polar surface area (TPSA) is 37.8 Å². The smallest absolute Gasteiger partial charge is 0.187 e. The van der Waals surface area contributed by atoms with Crippen LogP contribution in [0.15, 0.2) is 36.1 Å².